The molecule has 4 rings (SSSR count). The summed E-state index contributed by atoms with van der Waals surface area (Å²) in [7, 11) is 0. The zero-order chi connectivity index (χ0) is 25.1. The molecule has 2 aromatic heterocycles. The molecule has 0 fully saturated rings. The van der Waals surface area contributed by atoms with E-state index >= 15 is 0 Å². The Balaban J connectivity index is 1.40. The highest BCUT2D eigenvalue weighted by Crippen LogP contribution is 2.26. The molecular weight excluding hydrogens is 495 g/mol. The van der Waals surface area contributed by atoms with Crippen molar-refractivity contribution in [2.75, 3.05) is 5.32 Å². The molecule has 11 heteroatoms. The summed E-state index contributed by atoms with van der Waals surface area (Å²) in [5, 5.41) is 19.1. The minimum Gasteiger partial charge on any atom is -0.486 e. The molecule has 9 nitrogen and oxygen atoms in total. The average Bonchev–Trinajstić information content (AvgIpc) is 3.41. The van der Waals surface area contributed by atoms with Crippen molar-refractivity contribution in [1.82, 2.24) is 9.78 Å². The van der Waals surface area contributed by atoms with Crippen LogP contribution in [-0.4, -0.2) is 20.6 Å². The number of carbonyl (C=O) groups excluding carboxylic acids is 1. The number of benzene rings is 2. The number of halogens is 2. The zero-order valence-electron chi connectivity index (χ0n) is 18.7. The van der Waals surface area contributed by atoms with Gasteiger partial charge >= 0.3 is 0 Å². The number of rotatable bonds is 8. The fraction of sp³-hybridized carbons (Fsp3) is 0.167. The maximum atomic E-state index is 12.8. The molecule has 2 heterocycles. The molecule has 1 amide bonds. The van der Waals surface area contributed by atoms with E-state index in [-0.39, 0.29) is 18.1 Å². The molecule has 0 spiro atoms. The van der Waals surface area contributed by atoms with Gasteiger partial charge in [0.1, 0.15) is 18.1 Å². The van der Waals surface area contributed by atoms with E-state index in [1.807, 2.05) is 13.0 Å². The number of hydrogen-bond donors (Lipinski definition) is 1. The Kier molecular flexibility index (Phi) is 7.09. The molecule has 0 atom stereocenters. The molecule has 0 radical (unpaired) electrons. The van der Waals surface area contributed by atoms with Crippen LogP contribution in [0.15, 0.2) is 59.0 Å². The maximum Gasteiger partial charge on any atom is 0.291 e. The third-order valence-corrected chi connectivity index (χ3v) is 5.99. The normalized spacial score (nSPS) is 10.9. The molecule has 4 aromatic rings. The highest BCUT2D eigenvalue weighted by molar-refractivity contribution is 6.42. The lowest BCUT2D eigenvalue weighted by Gasteiger charge is -2.07. The lowest BCUT2D eigenvalue weighted by atomic mass is 10.2. The minimum absolute atomic E-state index is 0.0276. The number of amides is 1. The lowest BCUT2D eigenvalue weighted by molar-refractivity contribution is -0.384. The first kappa shape index (κ1) is 24.3. The van der Waals surface area contributed by atoms with E-state index in [1.165, 1.54) is 24.3 Å². The van der Waals surface area contributed by atoms with E-state index in [1.54, 1.807) is 35.9 Å². The van der Waals surface area contributed by atoms with Gasteiger partial charge in [0.15, 0.2) is 5.76 Å². The Morgan fingerprint density at radius 2 is 1.86 bits per heavy atom. The van der Waals surface area contributed by atoms with E-state index in [0.717, 1.165) is 11.3 Å². The van der Waals surface area contributed by atoms with E-state index in [4.69, 9.17) is 32.4 Å². The first-order valence-corrected chi connectivity index (χ1v) is 11.2. The monoisotopic (exact) mass is 514 g/mol. The van der Waals surface area contributed by atoms with Gasteiger partial charge in [0.25, 0.3) is 11.6 Å². The Morgan fingerprint density at radius 3 is 2.54 bits per heavy atom. The van der Waals surface area contributed by atoms with Crippen LogP contribution in [0.4, 0.5) is 11.4 Å². The lowest BCUT2D eigenvalue weighted by Crippen LogP contribution is -2.12. The maximum absolute atomic E-state index is 12.8. The van der Waals surface area contributed by atoms with Crippen LogP contribution in [0.1, 0.15) is 33.3 Å². The van der Waals surface area contributed by atoms with Crippen LogP contribution in [0.2, 0.25) is 10.0 Å². The molecule has 0 aliphatic carbocycles. The number of carbonyl (C=O) groups is 1. The number of furan rings is 1. The van der Waals surface area contributed by atoms with E-state index in [2.05, 4.69) is 10.4 Å². The van der Waals surface area contributed by atoms with Gasteiger partial charge in [0.2, 0.25) is 0 Å². The van der Waals surface area contributed by atoms with Crippen molar-refractivity contribution >= 4 is 40.5 Å². The summed E-state index contributed by atoms with van der Waals surface area (Å²) >= 11 is 12.1. The van der Waals surface area contributed by atoms with Crippen molar-refractivity contribution in [2.45, 2.75) is 27.0 Å². The topological polar surface area (TPSA) is 112 Å². The van der Waals surface area contributed by atoms with Gasteiger partial charge in [-0.2, -0.15) is 5.10 Å². The van der Waals surface area contributed by atoms with Crippen LogP contribution in [0, 0.1) is 24.0 Å². The van der Waals surface area contributed by atoms with Crippen LogP contribution < -0.4 is 10.1 Å². The molecule has 0 aliphatic rings. The predicted octanol–water partition coefficient (Wildman–Crippen LogP) is 6.19. The standard InChI is InChI=1S/C24H20Cl2N4O5/c1-14-23(15(2)29(28-14)12-16-3-9-20(25)21(26)11-16)27-24(31)22-10-8-19(35-22)13-34-18-6-4-17(5-7-18)30(32)33/h3-11H,12-13H2,1-2H3,(H,27,31). The molecule has 35 heavy (non-hydrogen) atoms. The number of nitrogens with one attached hydrogen (secondary N) is 1. The van der Waals surface area contributed by atoms with Crippen LogP contribution in [0.3, 0.4) is 0 Å². The fourth-order valence-electron chi connectivity index (χ4n) is 3.41. The Bertz CT molecular complexity index is 1400. The van der Waals surface area contributed by atoms with Crippen molar-refractivity contribution in [3.05, 3.63) is 103 Å². The van der Waals surface area contributed by atoms with Crippen molar-refractivity contribution in [1.29, 1.82) is 0 Å². The predicted molar refractivity (Wildman–Crippen MR) is 131 cm³/mol. The van der Waals surface area contributed by atoms with Crippen molar-refractivity contribution in [2.24, 2.45) is 0 Å². The molecular formula is C24H20Cl2N4O5. The van der Waals surface area contributed by atoms with Gasteiger partial charge in [-0.05, 0) is 55.8 Å². The highest BCUT2D eigenvalue weighted by Gasteiger charge is 2.18. The van der Waals surface area contributed by atoms with E-state index < -0.39 is 10.8 Å². The summed E-state index contributed by atoms with van der Waals surface area (Å²) in [6.45, 7) is 4.19. The van der Waals surface area contributed by atoms with E-state index in [9.17, 15) is 14.9 Å². The molecule has 1 N–H and O–H groups in total. The second-order valence-electron chi connectivity index (χ2n) is 7.71. The summed E-state index contributed by atoms with van der Waals surface area (Å²) in [4.78, 5) is 23.0. The number of aromatic nitrogens is 2. The number of hydrogen-bond acceptors (Lipinski definition) is 6. The summed E-state index contributed by atoms with van der Waals surface area (Å²) < 4.78 is 13.0. The second kappa shape index (κ2) is 10.2. The Hall–Kier alpha value is -3.82. The van der Waals surface area contributed by atoms with Gasteiger partial charge in [-0.1, -0.05) is 29.3 Å². The minimum atomic E-state index is -0.484. The van der Waals surface area contributed by atoms with Gasteiger partial charge in [-0.15, -0.1) is 0 Å². The first-order chi connectivity index (χ1) is 16.7. The van der Waals surface area contributed by atoms with Gasteiger partial charge in [0, 0.05) is 12.1 Å². The highest BCUT2D eigenvalue weighted by atomic mass is 35.5. The smallest absolute Gasteiger partial charge is 0.291 e. The third-order valence-electron chi connectivity index (χ3n) is 5.25. The zero-order valence-corrected chi connectivity index (χ0v) is 20.3. The number of non-ortho nitro benzene ring substituents is 1. The second-order valence-corrected chi connectivity index (χ2v) is 8.53. The average molecular weight is 515 g/mol. The van der Waals surface area contributed by atoms with Crippen LogP contribution >= 0.6 is 23.2 Å². The summed E-state index contributed by atoms with van der Waals surface area (Å²) in [6.07, 6.45) is 0. The number of aryl methyl sites for hydroxylation is 1. The van der Waals surface area contributed by atoms with Crippen LogP contribution in [0.25, 0.3) is 0 Å². The number of nitro benzene ring substituents is 1. The van der Waals surface area contributed by atoms with Gasteiger partial charge < -0.3 is 14.5 Å². The van der Waals surface area contributed by atoms with Crippen molar-refractivity contribution < 1.29 is 18.9 Å². The van der Waals surface area contributed by atoms with Crippen LogP contribution in [-0.2, 0) is 13.2 Å². The number of ether oxygens (including phenoxy) is 1. The summed E-state index contributed by atoms with van der Waals surface area (Å²) in [6, 6.07) is 14.3. The molecule has 0 saturated carbocycles. The fourth-order valence-corrected chi connectivity index (χ4v) is 3.73. The van der Waals surface area contributed by atoms with Crippen molar-refractivity contribution in [3.63, 3.8) is 0 Å². The number of nitro groups is 1. The first-order valence-electron chi connectivity index (χ1n) is 10.5. The van der Waals surface area contributed by atoms with E-state index in [0.29, 0.717) is 39.5 Å². The third kappa shape index (κ3) is 5.64. The van der Waals surface area contributed by atoms with Gasteiger partial charge in [0.05, 0.1) is 38.6 Å². The largest absolute Gasteiger partial charge is 0.486 e. The summed E-state index contributed by atoms with van der Waals surface area (Å²) in [5.41, 5.74) is 2.92. The number of nitrogens with zero attached hydrogens (tertiary/aromatic N) is 3. The molecule has 2 aromatic carbocycles. The Labute approximate surface area is 210 Å². The van der Waals surface area contributed by atoms with Crippen LogP contribution in [0.5, 0.6) is 5.75 Å². The molecule has 0 unspecified atom stereocenters. The summed E-state index contributed by atoms with van der Waals surface area (Å²) in [5.74, 6) is 0.561. The van der Waals surface area contributed by atoms with Gasteiger partial charge in [-0.25, -0.2) is 0 Å². The molecule has 0 aliphatic heterocycles. The van der Waals surface area contributed by atoms with Gasteiger partial charge in [-0.3, -0.25) is 19.6 Å². The molecule has 0 bridgehead atoms. The molecule has 180 valence electrons. The SMILES string of the molecule is Cc1nn(Cc2ccc(Cl)c(Cl)c2)c(C)c1NC(=O)c1ccc(COc2ccc([N+](=O)[O-])cc2)o1. The Morgan fingerprint density at radius 1 is 1.11 bits per heavy atom. The quantitative estimate of drug-likeness (QED) is 0.221. The molecule has 0 saturated heterocycles. The number of anilines is 1. The van der Waals surface area contributed by atoms with Crippen molar-refractivity contribution in [3.8, 4) is 5.75 Å².